The predicted octanol–water partition coefficient (Wildman–Crippen LogP) is -2.09. The van der Waals surface area contributed by atoms with Crippen LogP contribution in [0.5, 0.6) is 0 Å². The molecule has 0 rings (SSSR count). The Morgan fingerprint density at radius 1 is 0.705 bits per heavy atom. The van der Waals surface area contributed by atoms with Gasteiger partial charge in [-0.15, -0.1) is 11.8 Å². The maximum Gasteiger partial charge on any atom is 0.307 e. The second kappa shape index (κ2) is 21.3. The summed E-state index contributed by atoms with van der Waals surface area (Å²) in [5.74, 6) is -2.19. The number of rotatable bonds is 22. The third-order valence-corrected chi connectivity index (χ3v) is 8.70. The molecule has 17 heteroatoms. The molecule has 0 aliphatic carbocycles. The van der Waals surface area contributed by atoms with Crippen LogP contribution in [0.4, 0.5) is 0 Å². The first-order valence-electron chi connectivity index (χ1n) is 14.0. The van der Waals surface area contributed by atoms with Crippen LogP contribution in [-0.4, -0.2) is 131 Å². The minimum atomic E-state index is -1.43. The number of hydrogen-bond donors (Lipinski definition) is 8. The fourth-order valence-electron chi connectivity index (χ4n) is 3.12. The fraction of sp³-hybridized carbons (Fsp3) is 0.778. The first-order chi connectivity index (χ1) is 20.5. The van der Waals surface area contributed by atoms with Crippen molar-refractivity contribution in [3.63, 3.8) is 0 Å². The quantitative estimate of drug-likeness (QED) is 0.0457. The summed E-state index contributed by atoms with van der Waals surface area (Å²) in [6, 6.07) is 0. The molecule has 254 valence electrons. The summed E-state index contributed by atoms with van der Waals surface area (Å²) in [6.45, 7) is 5.62. The van der Waals surface area contributed by atoms with Gasteiger partial charge in [0.25, 0.3) is 0 Å². The van der Waals surface area contributed by atoms with Crippen LogP contribution in [0.1, 0.15) is 47.0 Å². The molecule has 0 aliphatic heterocycles. The number of carbonyl (C=O) groups excluding carboxylic acids is 6. The number of esters is 1. The number of methoxy groups -OCH3 is 1. The first kappa shape index (κ1) is 41.6. The van der Waals surface area contributed by atoms with E-state index >= 15 is 0 Å². The van der Waals surface area contributed by atoms with Crippen molar-refractivity contribution in [1.29, 1.82) is 0 Å². The number of aliphatic hydroxyl groups excluding tert-OH is 4. The van der Waals surface area contributed by atoms with E-state index in [1.54, 1.807) is 0 Å². The van der Waals surface area contributed by atoms with E-state index in [0.717, 1.165) is 23.5 Å². The predicted molar refractivity (Wildman–Crippen MR) is 165 cm³/mol. The molecule has 0 spiro atoms. The molecule has 44 heavy (non-hydrogen) atoms. The lowest BCUT2D eigenvalue weighted by Gasteiger charge is -2.27. The Morgan fingerprint density at radius 2 is 1.14 bits per heavy atom. The average Bonchev–Trinajstić information content (AvgIpc) is 2.99. The highest BCUT2D eigenvalue weighted by atomic mass is 32.2. The van der Waals surface area contributed by atoms with Crippen LogP contribution in [0.2, 0.25) is 0 Å². The van der Waals surface area contributed by atoms with Crippen molar-refractivity contribution in [1.82, 2.24) is 21.3 Å². The van der Waals surface area contributed by atoms with Gasteiger partial charge in [0.2, 0.25) is 28.7 Å². The molecule has 0 saturated carbocycles. The largest absolute Gasteiger partial charge is 0.469 e. The number of nitrogens with one attached hydrogen (secondary N) is 4. The lowest BCUT2D eigenvalue weighted by atomic mass is 9.87. The normalized spacial score (nSPS) is 13.7. The molecule has 0 saturated heterocycles. The molecular weight excluding hydrogens is 620 g/mol. The minimum Gasteiger partial charge on any atom is -0.469 e. The van der Waals surface area contributed by atoms with Crippen LogP contribution in [0.3, 0.4) is 0 Å². The SMILES string of the molecule is COC(=O)CC(SCCNC(=O)CCNC(=O)[C@H](O)C(C)(C)CO)C(=O)SCCNC(=O)CCNC(=O)[C@H](O)C(C)(C)CO. The standard InChI is InChI=1S/C27H48N4O11S2/c1-26(2,15-32)21(37)23(39)30-8-6-18(34)28-10-12-43-17(14-20(36)42-5)25(41)44-13-11-29-19(35)7-9-31-24(40)22(38)27(3,4)16-33/h17,21-22,32-33,37-38H,6-16H2,1-5H3,(H,28,34)(H,29,35)(H,30,39)(H,31,40)/t17?,21-,22-/m0/s1. The maximum atomic E-state index is 12.7. The molecule has 0 bridgehead atoms. The van der Waals surface area contributed by atoms with E-state index in [-0.39, 0.29) is 68.1 Å². The van der Waals surface area contributed by atoms with Gasteiger partial charge in [-0.1, -0.05) is 39.5 Å². The van der Waals surface area contributed by atoms with E-state index in [4.69, 9.17) is 0 Å². The highest BCUT2D eigenvalue weighted by molar-refractivity contribution is 8.16. The van der Waals surface area contributed by atoms with E-state index in [1.807, 2.05) is 0 Å². The summed E-state index contributed by atoms with van der Waals surface area (Å²) < 4.78 is 4.67. The van der Waals surface area contributed by atoms with Gasteiger partial charge >= 0.3 is 5.97 Å². The Kier molecular flexibility index (Phi) is 20.1. The van der Waals surface area contributed by atoms with Gasteiger partial charge in [0.1, 0.15) is 12.2 Å². The Hall–Kier alpha value is -2.44. The van der Waals surface area contributed by atoms with Crippen LogP contribution >= 0.6 is 23.5 Å². The van der Waals surface area contributed by atoms with Gasteiger partial charge in [-0.05, 0) is 0 Å². The highest BCUT2D eigenvalue weighted by Gasteiger charge is 2.33. The van der Waals surface area contributed by atoms with Crippen LogP contribution in [0, 0.1) is 10.8 Å². The number of aliphatic hydroxyl groups is 4. The Morgan fingerprint density at radius 3 is 1.55 bits per heavy atom. The van der Waals surface area contributed by atoms with E-state index in [2.05, 4.69) is 26.0 Å². The topological polar surface area (TPSA) is 241 Å². The highest BCUT2D eigenvalue weighted by Crippen LogP contribution is 2.22. The maximum absolute atomic E-state index is 12.7. The number of thioether (sulfide) groups is 2. The lowest BCUT2D eigenvalue weighted by molar-refractivity contribution is -0.141. The fourth-order valence-corrected chi connectivity index (χ4v) is 5.10. The van der Waals surface area contributed by atoms with Crippen LogP contribution in [-0.2, 0) is 33.5 Å². The Bertz CT molecular complexity index is 966. The van der Waals surface area contributed by atoms with Crippen molar-refractivity contribution >= 4 is 58.2 Å². The van der Waals surface area contributed by atoms with Gasteiger partial charge in [0.15, 0.2) is 0 Å². The molecule has 1 unspecified atom stereocenters. The summed E-state index contributed by atoms with van der Waals surface area (Å²) in [7, 11) is 1.21. The van der Waals surface area contributed by atoms with Crippen molar-refractivity contribution in [2.45, 2.75) is 64.4 Å². The monoisotopic (exact) mass is 668 g/mol. The number of ether oxygens (including phenoxy) is 1. The van der Waals surface area contributed by atoms with E-state index in [0.29, 0.717) is 5.75 Å². The summed E-state index contributed by atoms with van der Waals surface area (Å²) in [5, 5.41) is 47.5. The molecule has 8 N–H and O–H groups in total. The van der Waals surface area contributed by atoms with Crippen molar-refractivity contribution in [3.05, 3.63) is 0 Å². The molecular formula is C27H48N4O11S2. The van der Waals surface area contributed by atoms with Gasteiger partial charge in [-0.3, -0.25) is 28.8 Å². The molecule has 0 aliphatic rings. The molecule has 4 amide bonds. The summed E-state index contributed by atoms with van der Waals surface area (Å²) >= 11 is 2.09. The second-order valence-electron chi connectivity index (χ2n) is 11.2. The summed E-state index contributed by atoms with van der Waals surface area (Å²) in [5.41, 5.74) is -2.06. The van der Waals surface area contributed by atoms with Gasteiger partial charge < -0.3 is 46.4 Å². The van der Waals surface area contributed by atoms with E-state index in [1.165, 1.54) is 34.8 Å². The van der Waals surface area contributed by atoms with Crippen LogP contribution in [0.25, 0.3) is 0 Å². The molecule has 0 aromatic rings. The van der Waals surface area contributed by atoms with Crippen LogP contribution in [0.15, 0.2) is 0 Å². The molecule has 0 radical (unpaired) electrons. The lowest BCUT2D eigenvalue weighted by Crippen LogP contribution is -2.46. The molecule has 0 aromatic carbocycles. The van der Waals surface area contributed by atoms with Crippen molar-refractivity contribution < 1.29 is 53.9 Å². The first-order valence-corrected chi connectivity index (χ1v) is 16.1. The number of carbonyl (C=O) groups is 6. The van der Waals surface area contributed by atoms with Crippen molar-refractivity contribution in [2.24, 2.45) is 10.8 Å². The smallest absolute Gasteiger partial charge is 0.307 e. The van der Waals surface area contributed by atoms with Crippen LogP contribution < -0.4 is 21.3 Å². The van der Waals surface area contributed by atoms with Crippen molar-refractivity contribution in [2.75, 3.05) is 58.0 Å². The number of hydrogen-bond acceptors (Lipinski definition) is 13. The van der Waals surface area contributed by atoms with Crippen molar-refractivity contribution in [3.8, 4) is 0 Å². The van der Waals surface area contributed by atoms with E-state index in [9.17, 15) is 49.2 Å². The Labute approximate surface area is 266 Å². The summed E-state index contributed by atoms with van der Waals surface area (Å²) in [4.78, 5) is 72.5. The zero-order valence-electron chi connectivity index (χ0n) is 26.0. The van der Waals surface area contributed by atoms with E-state index < -0.39 is 59.3 Å². The molecule has 15 nitrogen and oxygen atoms in total. The Balaban J connectivity index is 4.43. The molecule has 3 atom stereocenters. The average molecular weight is 669 g/mol. The third-order valence-electron chi connectivity index (χ3n) is 6.35. The third kappa shape index (κ3) is 16.6. The van der Waals surface area contributed by atoms with Gasteiger partial charge in [0, 0.05) is 61.4 Å². The van der Waals surface area contributed by atoms with Gasteiger partial charge in [-0.25, -0.2) is 0 Å². The summed E-state index contributed by atoms with van der Waals surface area (Å²) in [6.07, 6.45) is -3.15. The zero-order chi connectivity index (χ0) is 33.9. The molecule has 0 fully saturated rings. The second-order valence-corrected chi connectivity index (χ2v) is 13.6. The minimum absolute atomic E-state index is 0.0201. The van der Waals surface area contributed by atoms with Gasteiger partial charge in [0.05, 0.1) is 32.0 Å². The number of amides is 4. The molecule has 0 heterocycles. The van der Waals surface area contributed by atoms with Gasteiger partial charge in [-0.2, -0.15) is 0 Å². The zero-order valence-corrected chi connectivity index (χ0v) is 27.6. The molecule has 0 aromatic heterocycles.